The van der Waals surface area contributed by atoms with E-state index in [4.69, 9.17) is 18.9 Å². The molecule has 9 N–H and O–H groups in total. The second-order valence-corrected chi connectivity index (χ2v) is 26.8. The minimum absolute atomic E-state index is 0.207. The van der Waals surface area contributed by atoms with Crippen LogP contribution in [0, 0.1) is 0 Å². The van der Waals surface area contributed by atoms with Crippen LogP contribution in [-0.2, 0) is 23.7 Å². The lowest BCUT2D eigenvalue weighted by Crippen LogP contribution is -2.65. The van der Waals surface area contributed by atoms with Gasteiger partial charge >= 0.3 is 0 Å². The Bertz CT molecular complexity index is 1820. The lowest BCUT2D eigenvalue weighted by atomic mass is 9.97. The Labute approximate surface area is 561 Å². The van der Waals surface area contributed by atoms with Crippen LogP contribution in [-0.4, -0.2) is 140 Å². The summed E-state index contributed by atoms with van der Waals surface area (Å²) in [5, 5.41) is 87.8. The normalized spacial score (nSPS) is 23.1. The average molecular weight is 1300 g/mol. The van der Waals surface area contributed by atoms with Crippen molar-refractivity contribution in [3.05, 3.63) is 72.9 Å². The van der Waals surface area contributed by atoms with Gasteiger partial charge in [-0.05, 0) is 64.2 Å². The summed E-state index contributed by atoms with van der Waals surface area (Å²) in [6, 6.07) is -0.835. The van der Waals surface area contributed by atoms with Gasteiger partial charge in [0.15, 0.2) is 12.6 Å². The molecule has 2 rings (SSSR count). The lowest BCUT2D eigenvalue weighted by Gasteiger charge is -2.46. The summed E-state index contributed by atoms with van der Waals surface area (Å²) in [4.78, 5) is 13.4. The number of hydrogen-bond donors (Lipinski definition) is 9. The van der Waals surface area contributed by atoms with Crippen LogP contribution in [0.1, 0.15) is 322 Å². The van der Waals surface area contributed by atoms with Crippen molar-refractivity contribution in [2.24, 2.45) is 0 Å². The van der Waals surface area contributed by atoms with E-state index < -0.39 is 86.8 Å². The second-order valence-electron chi connectivity index (χ2n) is 26.8. The van der Waals surface area contributed by atoms with Gasteiger partial charge in [0.25, 0.3) is 0 Å². The predicted molar refractivity (Wildman–Crippen MR) is 378 cm³/mol. The van der Waals surface area contributed by atoms with Crippen molar-refractivity contribution in [3.8, 4) is 0 Å². The maximum atomic E-state index is 13.4. The molecule has 0 bridgehead atoms. The van der Waals surface area contributed by atoms with Crippen molar-refractivity contribution in [2.75, 3.05) is 19.8 Å². The van der Waals surface area contributed by atoms with Crippen LogP contribution >= 0.6 is 0 Å². The Hall–Kier alpha value is -2.57. The highest BCUT2D eigenvalue weighted by atomic mass is 16.7. The Morgan fingerprint density at radius 2 is 0.750 bits per heavy atom. The smallest absolute Gasteiger partial charge is 0.220 e. The number of nitrogens with one attached hydrogen (secondary N) is 1. The molecule has 92 heavy (non-hydrogen) atoms. The van der Waals surface area contributed by atoms with Gasteiger partial charge in [-0.1, -0.05) is 324 Å². The summed E-state index contributed by atoms with van der Waals surface area (Å²) in [5.74, 6) is -0.207. The first-order valence-corrected chi connectivity index (χ1v) is 38.2. The highest BCUT2D eigenvalue weighted by Crippen LogP contribution is 2.30. The van der Waals surface area contributed by atoms with E-state index in [1.165, 1.54) is 199 Å². The molecule has 0 radical (unpaired) electrons. The summed E-state index contributed by atoms with van der Waals surface area (Å²) in [7, 11) is 0. The largest absolute Gasteiger partial charge is 0.394 e. The van der Waals surface area contributed by atoms with Crippen molar-refractivity contribution in [2.45, 2.75) is 396 Å². The van der Waals surface area contributed by atoms with Crippen molar-refractivity contribution >= 4 is 5.91 Å². The molecule has 0 saturated carbocycles. The van der Waals surface area contributed by atoms with Gasteiger partial charge in [0.2, 0.25) is 5.91 Å². The number of hydrogen-bond acceptors (Lipinski definition) is 13. The van der Waals surface area contributed by atoms with Crippen LogP contribution in [0.15, 0.2) is 72.9 Å². The zero-order valence-corrected chi connectivity index (χ0v) is 58.5. The van der Waals surface area contributed by atoms with Gasteiger partial charge in [0.05, 0.1) is 32.0 Å². The Morgan fingerprint density at radius 3 is 1.15 bits per heavy atom. The molecular weight excluding hydrogens is 1160 g/mol. The second kappa shape index (κ2) is 62.0. The summed E-state index contributed by atoms with van der Waals surface area (Å²) < 4.78 is 23.0. The molecule has 0 spiro atoms. The van der Waals surface area contributed by atoms with E-state index >= 15 is 0 Å². The first kappa shape index (κ1) is 85.5. The zero-order valence-electron chi connectivity index (χ0n) is 58.5. The Kier molecular flexibility index (Phi) is 57.6. The number of amides is 1. The zero-order chi connectivity index (χ0) is 66.6. The van der Waals surface area contributed by atoms with Crippen LogP contribution in [0.3, 0.4) is 0 Å². The number of unbranched alkanes of at least 4 members (excludes halogenated alkanes) is 38. The first-order chi connectivity index (χ1) is 45.1. The van der Waals surface area contributed by atoms with Gasteiger partial charge in [-0.3, -0.25) is 4.79 Å². The minimum atomic E-state index is -1.79. The standard InChI is InChI=1S/C78H141NO13/c1-3-5-7-9-11-13-15-17-19-21-23-25-27-29-31-32-33-34-36-38-40-42-44-46-48-50-52-54-56-58-60-62-70(83)79-66(65-89-77-75(88)73(86)76(69(64-81)91-77)92-78-74(87)72(85)71(84)68(63-80)90-78)67(82)61-59-57-55-53-51-49-47-45-43-41-39-37-35-30-28-26-24-22-20-18-16-14-12-10-8-6-4-2/h5,7,11,13,17,19,23,25,29,31,33-34,66-69,71-78,80-82,84-88H,3-4,6,8-10,12,14-16,18,20-22,24,26-28,30,32,35-65H2,1-2H3,(H,79,83)/b7-5-,13-11-,19-17-,25-23-,31-29-,34-33-. The van der Waals surface area contributed by atoms with Crippen LogP contribution in [0.2, 0.25) is 0 Å². The predicted octanol–water partition coefficient (Wildman–Crippen LogP) is 16.6. The molecule has 1 amide bonds. The summed E-state index contributed by atoms with van der Waals surface area (Å²) in [5.41, 5.74) is 0. The topological polar surface area (TPSA) is 228 Å². The molecule has 2 fully saturated rings. The highest BCUT2D eigenvalue weighted by Gasteiger charge is 2.51. The van der Waals surface area contributed by atoms with Gasteiger partial charge in [-0.15, -0.1) is 0 Å². The van der Waals surface area contributed by atoms with Crippen molar-refractivity contribution in [3.63, 3.8) is 0 Å². The molecule has 0 aliphatic carbocycles. The monoisotopic (exact) mass is 1300 g/mol. The summed E-state index contributed by atoms with van der Waals surface area (Å²) >= 11 is 0. The quantitative estimate of drug-likeness (QED) is 0.0204. The maximum Gasteiger partial charge on any atom is 0.220 e. The lowest BCUT2D eigenvalue weighted by molar-refractivity contribution is -0.359. The number of aliphatic hydroxyl groups is 8. The highest BCUT2D eigenvalue weighted by molar-refractivity contribution is 5.76. The van der Waals surface area contributed by atoms with Crippen molar-refractivity contribution in [1.82, 2.24) is 5.32 Å². The number of rotatable bonds is 63. The number of allylic oxidation sites excluding steroid dienone is 12. The molecule has 2 aliphatic heterocycles. The van der Waals surface area contributed by atoms with Gasteiger partial charge < -0.3 is 65.1 Å². The SMILES string of the molecule is CC/C=C\C/C=C\C/C=C\C/C=C\C/C=C\C/C=C\CCCCCCCCCCCCCCC(=O)NC(COC1OC(CO)C(OC2OC(CO)C(O)C(O)C2O)C(O)C1O)C(O)CCCCCCCCCCCCCCCCCCCCCCCCCCCCC. The van der Waals surface area contributed by atoms with Gasteiger partial charge in [-0.2, -0.15) is 0 Å². The third-order valence-electron chi connectivity index (χ3n) is 18.4. The maximum absolute atomic E-state index is 13.4. The fourth-order valence-electron chi connectivity index (χ4n) is 12.4. The fraction of sp³-hybridized carbons (Fsp3) is 0.833. The first-order valence-electron chi connectivity index (χ1n) is 38.2. The molecule has 14 heteroatoms. The van der Waals surface area contributed by atoms with Crippen LogP contribution in [0.5, 0.6) is 0 Å². The molecule has 2 heterocycles. The molecule has 12 atom stereocenters. The van der Waals surface area contributed by atoms with E-state index in [-0.39, 0.29) is 12.5 Å². The molecular formula is C78H141NO13. The number of carbonyl (C=O) groups is 1. The van der Waals surface area contributed by atoms with Crippen LogP contribution in [0.25, 0.3) is 0 Å². The van der Waals surface area contributed by atoms with Gasteiger partial charge in [-0.25, -0.2) is 0 Å². The number of aliphatic hydroxyl groups excluding tert-OH is 8. The Morgan fingerprint density at radius 1 is 0.402 bits per heavy atom. The summed E-state index contributed by atoms with van der Waals surface area (Å²) in [6.45, 7) is 2.79. The molecule has 12 unspecified atom stereocenters. The third-order valence-corrected chi connectivity index (χ3v) is 18.4. The molecule has 14 nitrogen and oxygen atoms in total. The average Bonchev–Trinajstić information content (AvgIpc) is 0.844. The van der Waals surface area contributed by atoms with E-state index in [1.54, 1.807) is 0 Å². The molecule has 2 saturated heterocycles. The van der Waals surface area contributed by atoms with E-state index in [2.05, 4.69) is 92.1 Å². The van der Waals surface area contributed by atoms with E-state index in [0.717, 1.165) is 96.3 Å². The van der Waals surface area contributed by atoms with E-state index in [1.807, 2.05) is 0 Å². The molecule has 0 aromatic heterocycles. The van der Waals surface area contributed by atoms with Gasteiger partial charge in [0.1, 0.15) is 48.8 Å². The van der Waals surface area contributed by atoms with E-state index in [9.17, 15) is 45.6 Å². The Balaban J connectivity index is 1.64. The molecule has 0 aromatic rings. The fourth-order valence-corrected chi connectivity index (χ4v) is 12.4. The number of carbonyl (C=O) groups excluding carboxylic acids is 1. The van der Waals surface area contributed by atoms with Crippen molar-refractivity contribution < 1.29 is 64.6 Å². The third kappa shape index (κ3) is 45.0. The molecule has 536 valence electrons. The molecule has 0 aromatic carbocycles. The summed E-state index contributed by atoms with van der Waals surface area (Å²) in [6.07, 6.45) is 67.8. The minimum Gasteiger partial charge on any atom is -0.394 e. The van der Waals surface area contributed by atoms with E-state index in [0.29, 0.717) is 12.8 Å². The van der Waals surface area contributed by atoms with Crippen LogP contribution in [0.4, 0.5) is 0 Å². The van der Waals surface area contributed by atoms with Gasteiger partial charge in [0, 0.05) is 6.42 Å². The van der Waals surface area contributed by atoms with Crippen molar-refractivity contribution in [1.29, 1.82) is 0 Å². The number of ether oxygens (including phenoxy) is 4. The molecule has 2 aliphatic rings. The van der Waals surface area contributed by atoms with Crippen LogP contribution < -0.4 is 5.32 Å².